The molecular weight excluding hydrogens is 272 g/mol. The number of piperidine rings is 1. The highest BCUT2D eigenvalue weighted by Crippen LogP contribution is 2.52. The van der Waals surface area contributed by atoms with E-state index in [2.05, 4.69) is 37.8 Å². The Morgan fingerprint density at radius 1 is 1.18 bits per heavy atom. The van der Waals surface area contributed by atoms with Crippen molar-refractivity contribution >= 4 is 5.91 Å². The molecule has 1 amide bonds. The zero-order valence-electron chi connectivity index (χ0n) is 14.4. The highest BCUT2D eigenvalue weighted by atomic mass is 16.2. The SMILES string of the molecule is CN(C)[C@@H](C(=O)N1[C@@H]2C[C@@H]2C[C@H]1C(C)(C)C)c1ccccc1. The van der Waals surface area contributed by atoms with Crippen LogP contribution in [0, 0.1) is 11.3 Å². The van der Waals surface area contributed by atoms with Gasteiger partial charge in [-0.1, -0.05) is 51.1 Å². The molecule has 0 radical (unpaired) electrons. The maximum atomic E-state index is 13.4. The van der Waals surface area contributed by atoms with Gasteiger partial charge in [0.05, 0.1) is 0 Å². The van der Waals surface area contributed by atoms with Gasteiger partial charge in [0.2, 0.25) is 5.91 Å². The number of benzene rings is 1. The van der Waals surface area contributed by atoms with Gasteiger partial charge < -0.3 is 4.90 Å². The molecule has 1 aromatic carbocycles. The van der Waals surface area contributed by atoms with E-state index in [4.69, 9.17) is 0 Å². The maximum Gasteiger partial charge on any atom is 0.245 e. The average molecular weight is 300 g/mol. The van der Waals surface area contributed by atoms with Crippen LogP contribution < -0.4 is 0 Å². The first-order chi connectivity index (χ1) is 10.3. The summed E-state index contributed by atoms with van der Waals surface area (Å²) in [6.45, 7) is 6.78. The van der Waals surface area contributed by atoms with Crippen molar-refractivity contribution < 1.29 is 4.79 Å². The van der Waals surface area contributed by atoms with Crippen molar-refractivity contribution in [1.82, 2.24) is 9.80 Å². The number of likely N-dealkylation sites (N-methyl/N-ethyl adjacent to an activating group) is 1. The molecule has 22 heavy (non-hydrogen) atoms. The average Bonchev–Trinajstić information content (AvgIpc) is 3.09. The summed E-state index contributed by atoms with van der Waals surface area (Å²) in [5.41, 5.74) is 1.24. The van der Waals surface area contributed by atoms with Crippen LogP contribution in [0.1, 0.15) is 45.2 Å². The molecular formula is C19H28N2O. The molecule has 3 nitrogen and oxygen atoms in total. The van der Waals surface area contributed by atoms with Crippen LogP contribution in [0.4, 0.5) is 0 Å². The lowest BCUT2D eigenvalue weighted by atomic mass is 9.83. The van der Waals surface area contributed by atoms with Gasteiger partial charge in [-0.05, 0) is 43.8 Å². The molecule has 2 aliphatic rings. The Hall–Kier alpha value is -1.35. The maximum absolute atomic E-state index is 13.4. The quantitative estimate of drug-likeness (QED) is 0.855. The van der Waals surface area contributed by atoms with E-state index in [1.165, 1.54) is 12.8 Å². The third-order valence-corrected chi connectivity index (χ3v) is 5.22. The minimum Gasteiger partial charge on any atom is -0.334 e. The van der Waals surface area contributed by atoms with Gasteiger partial charge in [0, 0.05) is 12.1 Å². The summed E-state index contributed by atoms with van der Waals surface area (Å²) in [6, 6.07) is 10.9. The van der Waals surface area contributed by atoms with E-state index in [-0.39, 0.29) is 17.4 Å². The van der Waals surface area contributed by atoms with Gasteiger partial charge >= 0.3 is 0 Å². The molecule has 0 spiro atoms. The van der Waals surface area contributed by atoms with Gasteiger partial charge in [0.25, 0.3) is 0 Å². The Labute approximate surface area is 134 Å². The van der Waals surface area contributed by atoms with E-state index in [1.807, 2.05) is 37.2 Å². The minimum atomic E-state index is -0.176. The first kappa shape index (κ1) is 15.5. The number of rotatable bonds is 3. The Morgan fingerprint density at radius 3 is 2.36 bits per heavy atom. The molecule has 0 unspecified atom stereocenters. The highest BCUT2D eigenvalue weighted by molar-refractivity contribution is 5.84. The number of carbonyl (C=O) groups excluding carboxylic acids is 1. The molecule has 1 aromatic rings. The fraction of sp³-hybridized carbons (Fsp3) is 0.632. The summed E-state index contributed by atoms with van der Waals surface area (Å²) in [7, 11) is 4.00. The van der Waals surface area contributed by atoms with Crippen molar-refractivity contribution in [2.75, 3.05) is 14.1 Å². The molecule has 4 atom stereocenters. The van der Waals surface area contributed by atoms with Crippen LogP contribution in [0.2, 0.25) is 0 Å². The Morgan fingerprint density at radius 2 is 1.82 bits per heavy atom. The van der Waals surface area contributed by atoms with Gasteiger partial charge in [-0.25, -0.2) is 0 Å². The van der Waals surface area contributed by atoms with E-state index < -0.39 is 0 Å². The predicted molar refractivity (Wildman–Crippen MR) is 89.5 cm³/mol. The second kappa shape index (κ2) is 5.38. The third kappa shape index (κ3) is 2.67. The Kier molecular flexibility index (Phi) is 3.80. The molecule has 120 valence electrons. The summed E-state index contributed by atoms with van der Waals surface area (Å²) in [5, 5.41) is 0. The zero-order valence-corrected chi connectivity index (χ0v) is 14.4. The molecule has 1 heterocycles. The van der Waals surface area contributed by atoms with Crippen LogP contribution >= 0.6 is 0 Å². The molecule has 0 N–H and O–H groups in total. The molecule has 3 heteroatoms. The molecule has 1 saturated heterocycles. The molecule has 1 aliphatic heterocycles. The van der Waals surface area contributed by atoms with Crippen molar-refractivity contribution in [1.29, 1.82) is 0 Å². The summed E-state index contributed by atoms with van der Waals surface area (Å²) >= 11 is 0. The Balaban J connectivity index is 1.90. The van der Waals surface area contributed by atoms with Crippen LogP contribution in [0.3, 0.4) is 0 Å². The van der Waals surface area contributed by atoms with Crippen molar-refractivity contribution in [3.63, 3.8) is 0 Å². The van der Waals surface area contributed by atoms with E-state index in [9.17, 15) is 4.79 Å². The monoisotopic (exact) mass is 300 g/mol. The summed E-state index contributed by atoms with van der Waals surface area (Å²) in [5.74, 6) is 1.02. The molecule has 3 rings (SSSR count). The number of nitrogens with zero attached hydrogens (tertiary/aromatic N) is 2. The third-order valence-electron chi connectivity index (χ3n) is 5.22. The van der Waals surface area contributed by atoms with Crippen LogP contribution in [0.5, 0.6) is 0 Å². The van der Waals surface area contributed by atoms with Crippen LogP contribution in [0.15, 0.2) is 30.3 Å². The standard InChI is InChI=1S/C19H28N2O/c1-19(2,3)16-12-14-11-15(14)21(16)18(22)17(20(4)5)13-9-7-6-8-10-13/h6-10,14-17H,11-12H2,1-5H3/t14-,15-,16+,17-/m1/s1. The fourth-order valence-corrected chi connectivity index (χ4v) is 3.98. The van der Waals surface area contributed by atoms with Gasteiger partial charge in [-0.15, -0.1) is 0 Å². The number of hydrogen-bond acceptors (Lipinski definition) is 2. The lowest BCUT2D eigenvalue weighted by Gasteiger charge is -2.40. The molecule has 2 fully saturated rings. The lowest BCUT2D eigenvalue weighted by molar-refractivity contribution is -0.140. The molecule has 0 aromatic heterocycles. The number of likely N-dealkylation sites (tertiary alicyclic amines) is 1. The van der Waals surface area contributed by atoms with Crippen molar-refractivity contribution in [2.24, 2.45) is 11.3 Å². The first-order valence-corrected chi connectivity index (χ1v) is 8.34. The minimum absolute atomic E-state index is 0.149. The summed E-state index contributed by atoms with van der Waals surface area (Å²) in [4.78, 5) is 17.6. The number of carbonyl (C=O) groups is 1. The smallest absolute Gasteiger partial charge is 0.245 e. The number of amides is 1. The van der Waals surface area contributed by atoms with Crippen molar-refractivity contribution in [3.8, 4) is 0 Å². The van der Waals surface area contributed by atoms with Crippen molar-refractivity contribution in [2.45, 2.75) is 51.7 Å². The Bertz CT molecular complexity index is 546. The molecule has 1 saturated carbocycles. The van der Waals surface area contributed by atoms with E-state index in [1.54, 1.807) is 0 Å². The first-order valence-electron chi connectivity index (χ1n) is 8.34. The van der Waals surface area contributed by atoms with Gasteiger partial charge in [0.15, 0.2) is 0 Å². The topological polar surface area (TPSA) is 23.6 Å². The van der Waals surface area contributed by atoms with E-state index in [0.717, 1.165) is 11.5 Å². The second-order valence-corrected chi connectivity index (χ2v) is 8.20. The van der Waals surface area contributed by atoms with E-state index in [0.29, 0.717) is 12.1 Å². The highest BCUT2D eigenvalue weighted by Gasteiger charge is 2.57. The summed E-state index contributed by atoms with van der Waals surface area (Å²) in [6.07, 6.45) is 2.38. The van der Waals surface area contributed by atoms with Crippen LogP contribution in [-0.4, -0.2) is 41.9 Å². The largest absolute Gasteiger partial charge is 0.334 e. The van der Waals surface area contributed by atoms with Gasteiger partial charge in [-0.2, -0.15) is 0 Å². The van der Waals surface area contributed by atoms with Crippen molar-refractivity contribution in [3.05, 3.63) is 35.9 Å². The predicted octanol–water partition coefficient (Wildman–Crippen LogP) is 3.32. The normalized spacial score (nSPS) is 28.6. The number of hydrogen-bond donors (Lipinski definition) is 0. The number of fused-ring (bicyclic) bond motifs is 1. The zero-order chi connectivity index (χ0) is 16.1. The van der Waals surface area contributed by atoms with Crippen LogP contribution in [-0.2, 0) is 4.79 Å². The fourth-order valence-electron chi connectivity index (χ4n) is 3.98. The molecule has 0 bridgehead atoms. The van der Waals surface area contributed by atoms with Gasteiger partial charge in [0.1, 0.15) is 6.04 Å². The van der Waals surface area contributed by atoms with Crippen LogP contribution in [0.25, 0.3) is 0 Å². The lowest BCUT2D eigenvalue weighted by Crippen LogP contribution is -2.49. The van der Waals surface area contributed by atoms with Gasteiger partial charge in [-0.3, -0.25) is 9.69 Å². The van der Waals surface area contributed by atoms with E-state index >= 15 is 0 Å². The summed E-state index contributed by atoms with van der Waals surface area (Å²) < 4.78 is 0. The second-order valence-electron chi connectivity index (χ2n) is 8.20. The molecule has 1 aliphatic carbocycles.